The van der Waals surface area contributed by atoms with E-state index in [4.69, 9.17) is 15.0 Å². The molecule has 0 unspecified atom stereocenters. The third-order valence-electron chi connectivity index (χ3n) is 2.14. The highest BCUT2D eigenvalue weighted by molar-refractivity contribution is 5.55. The normalized spacial score (nSPS) is 10.0. The molecular formula is C12H15N3O2. The van der Waals surface area contributed by atoms with Gasteiger partial charge in [0.1, 0.15) is 11.5 Å². The molecule has 0 atom stereocenters. The monoisotopic (exact) mass is 233 g/mol. The van der Waals surface area contributed by atoms with E-state index in [0.29, 0.717) is 13.0 Å². The van der Waals surface area contributed by atoms with Gasteiger partial charge in [0.25, 0.3) is 0 Å². The number of benzene rings is 1. The summed E-state index contributed by atoms with van der Waals surface area (Å²) in [5, 5.41) is 3.45. The molecule has 0 radical (unpaired) electrons. The van der Waals surface area contributed by atoms with Gasteiger partial charge in [-0.25, -0.2) is 0 Å². The van der Waals surface area contributed by atoms with Crippen molar-refractivity contribution in [3.63, 3.8) is 0 Å². The minimum atomic E-state index is 0.466. The Kier molecular flexibility index (Phi) is 5.47. The van der Waals surface area contributed by atoms with E-state index in [2.05, 4.69) is 10.0 Å². The van der Waals surface area contributed by atoms with E-state index >= 15 is 0 Å². The zero-order chi connectivity index (χ0) is 12.5. The zero-order valence-corrected chi connectivity index (χ0v) is 9.96. The molecule has 5 nitrogen and oxygen atoms in total. The molecule has 0 saturated carbocycles. The van der Waals surface area contributed by atoms with E-state index in [9.17, 15) is 0 Å². The lowest BCUT2D eigenvalue weighted by molar-refractivity contribution is 0.394. The fourth-order valence-electron chi connectivity index (χ4n) is 1.32. The Balaban J connectivity index is 2.72. The molecule has 1 rings (SSSR count). The molecule has 0 aliphatic carbocycles. The van der Waals surface area contributed by atoms with E-state index in [0.717, 1.165) is 17.1 Å². The van der Waals surface area contributed by atoms with E-state index < -0.39 is 0 Å². The van der Waals surface area contributed by atoms with Crippen LogP contribution in [0.15, 0.2) is 29.4 Å². The van der Waals surface area contributed by atoms with Crippen LogP contribution in [0.2, 0.25) is 0 Å². The van der Waals surface area contributed by atoms with Crippen LogP contribution >= 0.6 is 0 Å². The molecule has 1 aromatic carbocycles. The number of methoxy groups -OCH3 is 2. The molecule has 0 heterocycles. The lowest BCUT2D eigenvalue weighted by Gasteiger charge is -2.05. The summed E-state index contributed by atoms with van der Waals surface area (Å²) in [6.07, 6.45) is 4.60. The van der Waals surface area contributed by atoms with Crippen molar-refractivity contribution in [2.45, 2.75) is 6.42 Å². The van der Waals surface area contributed by atoms with Gasteiger partial charge in [0.05, 0.1) is 14.2 Å². The molecule has 0 amide bonds. The molecule has 5 heteroatoms. The fourth-order valence-corrected chi connectivity index (χ4v) is 1.32. The molecule has 0 spiro atoms. The van der Waals surface area contributed by atoms with Gasteiger partial charge in [-0.2, -0.15) is 0 Å². The Hall–Kier alpha value is -2.13. The first-order chi connectivity index (χ1) is 8.30. The van der Waals surface area contributed by atoms with E-state index in [1.54, 1.807) is 14.2 Å². The van der Waals surface area contributed by atoms with Crippen molar-refractivity contribution in [1.82, 2.24) is 0 Å². The van der Waals surface area contributed by atoms with Gasteiger partial charge in [-0.15, -0.1) is 0 Å². The van der Waals surface area contributed by atoms with E-state index in [-0.39, 0.29) is 0 Å². The van der Waals surface area contributed by atoms with Crippen LogP contribution < -0.4 is 9.47 Å². The van der Waals surface area contributed by atoms with Crippen molar-refractivity contribution in [1.29, 1.82) is 0 Å². The third-order valence-corrected chi connectivity index (χ3v) is 2.14. The number of nitrogens with zero attached hydrogens (tertiary/aromatic N) is 3. The second-order valence-corrected chi connectivity index (χ2v) is 3.29. The van der Waals surface area contributed by atoms with Crippen LogP contribution in [-0.4, -0.2) is 20.8 Å². The van der Waals surface area contributed by atoms with E-state index in [1.807, 2.05) is 30.4 Å². The molecule has 1 aromatic rings. The first-order valence-corrected chi connectivity index (χ1v) is 5.20. The maximum absolute atomic E-state index is 8.12. The van der Waals surface area contributed by atoms with Gasteiger partial charge in [0, 0.05) is 17.5 Å². The molecule has 0 aliphatic rings. The van der Waals surface area contributed by atoms with Gasteiger partial charge >= 0.3 is 0 Å². The van der Waals surface area contributed by atoms with Crippen molar-refractivity contribution >= 4 is 6.08 Å². The van der Waals surface area contributed by atoms with Crippen LogP contribution in [0.5, 0.6) is 11.5 Å². The summed E-state index contributed by atoms with van der Waals surface area (Å²) in [6, 6.07) is 5.64. The summed E-state index contributed by atoms with van der Waals surface area (Å²) >= 11 is 0. The van der Waals surface area contributed by atoms with Crippen molar-refractivity contribution in [3.8, 4) is 11.5 Å². The standard InChI is InChI=1S/C12H15N3O2/c1-16-11-7-10(8-12(9-11)17-2)5-3-4-6-14-15-13/h3,5,7-9H,4,6H2,1-2H3. The van der Waals surface area contributed by atoms with Crippen molar-refractivity contribution < 1.29 is 9.47 Å². The number of ether oxygens (including phenoxy) is 2. The molecule has 17 heavy (non-hydrogen) atoms. The van der Waals surface area contributed by atoms with Crippen LogP contribution in [0.25, 0.3) is 16.5 Å². The number of hydrogen-bond acceptors (Lipinski definition) is 3. The van der Waals surface area contributed by atoms with Crippen LogP contribution in [0.3, 0.4) is 0 Å². The summed E-state index contributed by atoms with van der Waals surface area (Å²) in [5.41, 5.74) is 9.11. The maximum Gasteiger partial charge on any atom is 0.123 e. The Morgan fingerprint density at radius 3 is 2.41 bits per heavy atom. The second kappa shape index (κ2) is 7.19. The van der Waals surface area contributed by atoms with Gasteiger partial charge in [-0.1, -0.05) is 17.3 Å². The summed E-state index contributed by atoms with van der Waals surface area (Å²) in [4.78, 5) is 2.69. The number of hydrogen-bond donors (Lipinski definition) is 0. The van der Waals surface area contributed by atoms with Crippen LogP contribution in [0.1, 0.15) is 12.0 Å². The van der Waals surface area contributed by atoms with E-state index in [1.165, 1.54) is 0 Å². The Labute approximate surface area is 100 Å². The van der Waals surface area contributed by atoms with Gasteiger partial charge in [-0.3, -0.25) is 0 Å². The number of rotatable bonds is 6. The predicted molar refractivity (Wildman–Crippen MR) is 67.2 cm³/mol. The molecule has 0 N–H and O–H groups in total. The summed E-state index contributed by atoms with van der Waals surface area (Å²) < 4.78 is 10.3. The molecule has 0 aromatic heterocycles. The van der Waals surface area contributed by atoms with Gasteiger partial charge in [0.15, 0.2) is 0 Å². The quantitative estimate of drug-likeness (QED) is 0.327. The molecule has 0 saturated heterocycles. The van der Waals surface area contributed by atoms with Gasteiger partial charge in [-0.05, 0) is 29.6 Å². The predicted octanol–water partition coefficient (Wildman–Crippen LogP) is 3.42. The first kappa shape index (κ1) is 12.9. The molecule has 90 valence electrons. The van der Waals surface area contributed by atoms with Gasteiger partial charge in [0.2, 0.25) is 0 Å². The average Bonchev–Trinajstić information content (AvgIpc) is 2.38. The highest BCUT2D eigenvalue weighted by Gasteiger charge is 1.98. The first-order valence-electron chi connectivity index (χ1n) is 5.20. The van der Waals surface area contributed by atoms with Crippen LogP contribution in [0, 0.1) is 0 Å². The molecule has 0 bridgehead atoms. The smallest absolute Gasteiger partial charge is 0.123 e. The Morgan fingerprint density at radius 2 is 1.88 bits per heavy atom. The number of azide groups is 1. The Morgan fingerprint density at radius 1 is 1.24 bits per heavy atom. The minimum absolute atomic E-state index is 0.466. The molecule has 0 aliphatic heterocycles. The van der Waals surface area contributed by atoms with Crippen molar-refractivity contribution in [2.24, 2.45) is 5.11 Å². The molecular weight excluding hydrogens is 218 g/mol. The largest absolute Gasteiger partial charge is 0.497 e. The summed E-state index contributed by atoms with van der Waals surface area (Å²) in [5.74, 6) is 1.50. The lowest BCUT2D eigenvalue weighted by atomic mass is 10.1. The summed E-state index contributed by atoms with van der Waals surface area (Å²) in [7, 11) is 3.23. The van der Waals surface area contributed by atoms with Crippen molar-refractivity contribution in [2.75, 3.05) is 20.8 Å². The van der Waals surface area contributed by atoms with Gasteiger partial charge < -0.3 is 9.47 Å². The van der Waals surface area contributed by atoms with Crippen LogP contribution in [0.4, 0.5) is 0 Å². The second-order valence-electron chi connectivity index (χ2n) is 3.29. The SMILES string of the molecule is COc1cc(C=CCCN=[N+]=[N-])cc(OC)c1. The highest BCUT2D eigenvalue weighted by Crippen LogP contribution is 2.23. The zero-order valence-electron chi connectivity index (χ0n) is 9.96. The lowest BCUT2D eigenvalue weighted by Crippen LogP contribution is -1.88. The minimum Gasteiger partial charge on any atom is -0.497 e. The summed E-state index contributed by atoms with van der Waals surface area (Å²) in [6.45, 7) is 0.466. The molecule has 0 fully saturated rings. The average molecular weight is 233 g/mol. The third kappa shape index (κ3) is 4.49. The Bertz CT molecular complexity index is 415. The topological polar surface area (TPSA) is 67.2 Å². The highest BCUT2D eigenvalue weighted by atomic mass is 16.5. The fraction of sp³-hybridized carbons (Fsp3) is 0.333. The van der Waals surface area contributed by atoms with Crippen LogP contribution in [-0.2, 0) is 0 Å². The maximum atomic E-state index is 8.12. The van der Waals surface area contributed by atoms with Crippen molar-refractivity contribution in [3.05, 3.63) is 40.3 Å².